The summed E-state index contributed by atoms with van der Waals surface area (Å²) in [4.78, 5) is 4.54. The molecule has 0 radical (unpaired) electrons. The fourth-order valence-corrected chi connectivity index (χ4v) is 2.96. The minimum Gasteiger partial charge on any atom is -0.377 e. The van der Waals surface area contributed by atoms with E-state index in [-0.39, 0.29) is 6.04 Å². The van der Waals surface area contributed by atoms with E-state index in [1.165, 1.54) is 11.1 Å². The van der Waals surface area contributed by atoms with Gasteiger partial charge in [-0.15, -0.1) is 0 Å². The number of pyridine rings is 1. The van der Waals surface area contributed by atoms with Crippen molar-refractivity contribution in [1.82, 2.24) is 4.98 Å². The molecule has 2 rings (SSSR count). The normalized spacial score (nSPS) is 12.3. The van der Waals surface area contributed by atoms with Gasteiger partial charge in [-0.25, -0.2) is 0 Å². The molecule has 0 spiro atoms. The molecule has 2 aromatic rings. The summed E-state index contributed by atoms with van der Waals surface area (Å²) >= 11 is 12.3. The van der Waals surface area contributed by atoms with Crippen LogP contribution in [0.1, 0.15) is 35.5 Å². The molecule has 1 aromatic carbocycles. The molecule has 1 aromatic heterocycles. The van der Waals surface area contributed by atoms with Crippen LogP contribution in [-0.2, 0) is 0 Å². The monoisotopic (exact) mass is 308 g/mol. The van der Waals surface area contributed by atoms with E-state index < -0.39 is 0 Å². The van der Waals surface area contributed by atoms with E-state index in [0.717, 1.165) is 17.1 Å². The first kappa shape index (κ1) is 15.1. The van der Waals surface area contributed by atoms with Crippen LogP contribution in [0, 0.1) is 20.8 Å². The second-order valence-electron chi connectivity index (χ2n) is 5.05. The molecule has 20 heavy (non-hydrogen) atoms. The maximum absolute atomic E-state index is 6.22. The predicted molar refractivity (Wildman–Crippen MR) is 86.9 cm³/mol. The van der Waals surface area contributed by atoms with Crippen LogP contribution in [-0.4, -0.2) is 4.98 Å². The molecule has 2 nitrogen and oxygen atoms in total. The third-order valence-corrected chi connectivity index (χ3v) is 4.16. The number of aromatic nitrogens is 1. The van der Waals surface area contributed by atoms with Gasteiger partial charge in [-0.1, -0.05) is 29.3 Å². The van der Waals surface area contributed by atoms with Crippen LogP contribution in [0.25, 0.3) is 0 Å². The minimum absolute atomic E-state index is 0.110. The van der Waals surface area contributed by atoms with Gasteiger partial charge in [0.15, 0.2) is 0 Å². The molecule has 0 saturated carbocycles. The van der Waals surface area contributed by atoms with Crippen LogP contribution in [0.2, 0.25) is 10.0 Å². The molecule has 1 heterocycles. The lowest BCUT2D eigenvalue weighted by molar-refractivity contribution is 0.843. The second kappa shape index (κ2) is 6.02. The molecule has 1 unspecified atom stereocenters. The summed E-state index contributed by atoms with van der Waals surface area (Å²) in [6, 6.07) is 7.80. The van der Waals surface area contributed by atoms with Crippen molar-refractivity contribution in [3.8, 4) is 0 Å². The van der Waals surface area contributed by atoms with E-state index in [0.29, 0.717) is 10.0 Å². The number of nitrogens with one attached hydrogen (secondary N) is 1. The van der Waals surface area contributed by atoms with Gasteiger partial charge in [-0.3, -0.25) is 4.98 Å². The van der Waals surface area contributed by atoms with Crippen LogP contribution in [0.15, 0.2) is 24.3 Å². The fraction of sp³-hybridized carbons (Fsp3) is 0.312. The van der Waals surface area contributed by atoms with Gasteiger partial charge < -0.3 is 5.32 Å². The Morgan fingerprint density at radius 2 is 1.85 bits per heavy atom. The number of hydrogen-bond acceptors (Lipinski definition) is 2. The Labute approximate surface area is 130 Å². The Balaban J connectivity index is 2.33. The summed E-state index contributed by atoms with van der Waals surface area (Å²) in [6.07, 6.45) is 0. The first-order chi connectivity index (χ1) is 9.40. The number of halogens is 2. The lowest BCUT2D eigenvalue weighted by Gasteiger charge is -2.21. The first-order valence-electron chi connectivity index (χ1n) is 6.55. The van der Waals surface area contributed by atoms with Crippen molar-refractivity contribution in [3.63, 3.8) is 0 Å². The number of aryl methyl sites for hydroxylation is 3. The third-order valence-electron chi connectivity index (χ3n) is 3.34. The van der Waals surface area contributed by atoms with Crippen molar-refractivity contribution in [2.75, 3.05) is 5.32 Å². The second-order valence-corrected chi connectivity index (χ2v) is 5.83. The molecule has 0 fully saturated rings. The van der Waals surface area contributed by atoms with E-state index in [9.17, 15) is 0 Å². The van der Waals surface area contributed by atoms with E-state index in [2.05, 4.69) is 30.2 Å². The number of hydrogen-bond donors (Lipinski definition) is 1. The van der Waals surface area contributed by atoms with Gasteiger partial charge >= 0.3 is 0 Å². The average molecular weight is 309 g/mol. The number of benzene rings is 1. The maximum atomic E-state index is 6.22. The highest BCUT2D eigenvalue weighted by atomic mass is 35.5. The van der Waals surface area contributed by atoms with Gasteiger partial charge in [0.25, 0.3) is 0 Å². The van der Waals surface area contributed by atoms with Gasteiger partial charge in [-0.05, 0) is 57.0 Å². The largest absolute Gasteiger partial charge is 0.377 e. The SMILES string of the molecule is Cc1cc(C)c(C(C)Nc2cccc(Cl)c2Cl)c(C)n1. The quantitative estimate of drug-likeness (QED) is 0.811. The van der Waals surface area contributed by atoms with E-state index >= 15 is 0 Å². The van der Waals surface area contributed by atoms with E-state index in [1.54, 1.807) is 6.07 Å². The summed E-state index contributed by atoms with van der Waals surface area (Å²) in [5.74, 6) is 0. The zero-order valence-corrected chi connectivity index (χ0v) is 13.6. The first-order valence-corrected chi connectivity index (χ1v) is 7.31. The van der Waals surface area contributed by atoms with Crippen molar-refractivity contribution < 1.29 is 0 Å². The molecule has 0 amide bonds. The topological polar surface area (TPSA) is 24.9 Å². The zero-order valence-electron chi connectivity index (χ0n) is 12.1. The van der Waals surface area contributed by atoms with Crippen LogP contribution in [0.3, 0.4) is 0 Å². The third kappa shape index (κ3) is 3.08. The van der Waals surface area contributed by atoms with Crippen LogP contribution in [0.4, 0.5) is 5.69 Å². The lowest BCUT2D eigenvalue weighted by atomic mass is 10.00. The molecule has 0 aliphatic heterocycles. The Morgan fingerprint density at radius 1 is 1.15 bits per heavy atom. The van der Waals surface area contributed by atoms with Gasteiger partial charge in [0.05, 0.1) is 21.8 Å². The Kier molecular flexibility index (Phi) is 4.56. The van der Waals surface area contributed by atoms with Gasteiger partial charge in [-0.2, -0.15) is 0 Å². The van der Waals surface area contributed by atoms with Crippen molar-refractivity contribution >= 4 is 28.9 Å². The van der Waals surface area contributed by atoms with Crippen molar-refractivity contribution in [2.24, 2.45) is 0 Å². The summed E-state index contributed by atoms with van der Waals surface area (Å²) in [5.41, 5.74) is 5.35. The van der Waals surface area contributed by atoms with Crippen molar-refractivity contribution in [1.29, 1.82) is 0 Å². The molecule has 0 aliphatic carbocycles. The summed E-state index contributed by atoms with van der Waals surface area (Å²) in [5, 5.41) is 4.52. The van der Waals surface area contributed by atoms with Crippen molar-refractivity contribution in [3.05, 3.63) is 56.8 Å². The van der Waals surface area contributed by atoms with Gasteiger partial charge in [0.2, 0.25) is 0 Å². The van der Waals surface area contributed by atoms with Crippen LogP contribution in [0.5, 0.6) is 0 Å². The summed E-state index contributed by atoms with van der Waals surface area (Å²) in [7, 11) is 0. The smallest absolute Gasteiger partial charge is 0.0823 e. The Morgan fingerprint density at radius 3 is 2.50 bits per heavy atom. The molecule has 0 saturated heterocycles. The molecular weight excluding hydrogens is 291 g/mol. The highest BCUT2D eigenvalue weighted by Gasteiger charge is 2.14. The van der Waals surface area contributed by atoms with Crippen molar-refractivity contribution in [2.45, 2.75) is 33.7 Å². The van der Waals surface area contributed by atoms with E-state index in [1.807, 2.05) is 26.0 Å². The Hall–Kier alpha value is -1.25. The Bertz CT molecular complexity index is 615. The maximum Gasteiger partial charge on any atom is 0.0823 e. The summed E-state index contributed by atoms with van der Waals surface area (Å²) < 4.78 is 0. The lowest BCUT2D eigenvalue weighted by Crippen LogP contribution is -2.12. The highest BCUT2D eigenvalue weighted by molar-refractivity contribution is 6.43. The molecule has 4 heteroatoms. The minimum atomic E-state index is 0.110. The molecule has 0 bridgehead atoms. The predicted octanol–water partition coefficient (Wildman–Crippen LogP) is 5.49. The summed E-state index contributed by atoms with van der Waals surface area (Å²) in [6.45, 7) is 8.25. The molecule has 1 atom stereocenters. The zero-order chi connectivity index (χ0) is 14.9. The standard InChI is InChI=1S/C16H18Cl2N2/c1-9-8-10(2)19-11(3)15(9)12(4)20-14-7-5-6-13(17)16(14)18/h5-8,12,20H,1-4H3. The number of anilines is 1. The van der Waals surface area contributed by atoms with Gasteiger partial charge in [0, 0.05) is 11.4 Å². The molecular formula is C16H18Cl2N2. The molecule has 0 aliphatic rings. The average Bonchev–Trinajstić information content (AvgIpc) is 2.33. The molecule has 106 valence electrons. The number of rotatable bonds is 3. The van der Waals surface area contributed by atoms with E-state index in [4.69, 9.17) is 23.2 Å². The molecule has 1 N–H and O–H groups in total. The van der Waals surface area contributed by atoms with Crippen LogP contribution < -0.4 is 5.32 Å². The fourth-order valence-electron chi connectivity index (χ4n) is 2.61. The van der Waals surface area contributed by atoms with Gasteiger partial charge in [0.1, 0.15) is 0 Å². The number of nitrogens with zero attached hydrogens (tertiary/aromatic N) is 1. The highest BCUT2D eigenvalue weighted by Crippen LogP contribution is 2.33. The van der Waals surface area contributed by atoms with Crippen LogP contribution >= 0.6 is 23.2 Å².